The molecule has 0 aliphatic heterocycles. The molecule has 1 aromatic carbocycles. The Morgan fingerprint density at radius 2 is 2.00 bits per heavy atom. The van der Waals surface area contributed by atoms with E-state index >= 15 is 0 Å². The monoisotopic (exact) mass is 289 g/mol. The van der Waals surface area contributed by atoms with Gasteiger partial charge in [0.25, 0.3) is 0 Å². The van der Waals surface area contributed by atoms with Gasteiger partial charge in [-0.15, -0.1) is 0 Å². The van der Waals surface area contributed by atoms with Gasteiger partial charge in [-0.25, -0.2) is 17.5 Å². The Balaban J connectivity index is 2.92. The van der Waals surface area contributed by atoms with Crippen LogP contribution >= 0.6 is 0 Å². The molecule has 0 amide bonds. The lowest BCUT2D eigenvalue weighted by atomic mass is 10.1. The Labute approximate surface area is 111 Å². The molecule has 0 aromatic heterocycles. The van der Waals surface area contributed by atoms with Gasteiger partial charge in [0.2, 0.25) is 10.0 Å². The first kappa shape index (κ1) is 15.6. The van der Waals surface area contributed by atoms with Gasteiger partial charge >= 0.3 is 5.97 Å². The summed E-state index contributed by atoms with van der Waals surface area (Å²) in [5, 5.41) is 8.98. The molecule has 0 atom stereocenters. The van der Waals surface area contributed by atoms with Crippen LogP contribution in [0.3, 0.4) is 0 Å². The van der Waals surface area contributed by atoms with Crippen molar-refractivity contribution in [2.75, 3.05) is 20.3 Å². The molecule has 0 bridgehead atoms. The maximum absolute atomic E-state index is 12.0. The molecule has 0 saturated heterocycles. The summed E-state index contributed by atoms with van der Waals surface area (Å²) < 4.78 is 37.1. The van der Waals surface area contributed by atoms with Gasteiger partial charge in [-0.1, -0.05) is 18.2 Å². The molecule has 7 heteroatoms. The third-order valence-electron chi connectivity index (χ3n) is 2.67. The minimum absolute atomic E-state index is 0.0371. The number of halogens is 1. The maximum Gasteiger partial charge on any atom is 0.335 e. The standard InChI is InChI=1S/C12H16FNO4S/c1-14(8-4-7-13)19(17,18)9-10-5-2-3-6-11(10)12(15)16/h2-3,5-6H,4,7-9H2,1H3,(H,15,16). The molecule has 0 aliphatic carbocycles. The molecule has 0 saturated carbocycles. The van der Waals surface area contributed by atoms with E-state index in [2.05, 4.69) is 0 Å². The van der Waals surface area contributed by atoms with Gasteiger partial charge < -0.3 is 5.11 Å². The summed E-state index contributed by atoms with van der Waals surface area (Å²) in [6.07, 6.45) is 0.121. The Bertz CT molecular complexity index is 544. The lowest BCUT2D eigenvalue weighted by Crippen LogP contribution is -2.29. The molecular formula is C12H16FNO4S. The van der Waals surface area contributed by atoms with Crippen molar-refractivity contribution in [3.05, 3.63) is 35.4 Å². The number of aromatic carboxylic acids is 1. The van der Waals surface area contributed by atoms with Crippen molar-refractivity contribution in [2.45, 2.75) is 12.2 Å². The Morgan fingerprint density at radius 3 is 2.58 bits per heavy atom. The molecule has 0 unspecified atom stereocenters. The highest BCUT2D eigenvalue weighted by atomic mass is 32.2. The van der Waals surface area contributed by atoms with Crippen LogP contribution in [0.2, 0.25) is 0 Å². The van der Waals surface area contributed by atoms with Crippen LogP contribution in [0.4, 0.5) is 4.39 Å². The van der Waals surface area contributed by atoms with Crippen LogP contribution in [-0.4, -0.2) is 44.1 Å². The second kappa shape index (κ2) is 6.63. The largest absolute Gasteiger partial charge is 0.478 e. The summed E-state index contributed by atoms with van der Waals surface area (Å²) in [5.41, 5.74) is 0.187. The highest BCUT2D eigenvalue weighted by molar-refractivity contribution is 7.88. The number of hydrogen-bond donors (Lipinski definition) is 1. The van der Waals surface area contributed by atoms with Crippen LogP contribution < -0.4 is 0 Å². The van der Waals surface area contributed by atoms with Crippen molar-refractivity contribution in [1.82, 2.24) is 4.31 Å². The number of carbonyl (C=O) groups is 1. The quantitative estimate of drug-likeness (QED) is 0.825. The summed E-state index contributed by atoms with van der Waals surface area (Å²) in [6.45, 7) is -0.514. The number of rotatable bonds is 7. The zero-order valence-electron chi connectivity index (χ0n) is 10.5. The molecule has 1 rings (SSSR count). The summed E-state index contributed by atoms with van der Waals surface area (Å²) in [7, 11) is -2.28. The smallest absolute Gasteiger partial charge is 0.335 e. The van der Waals surface area contributed by atoms with Gasteiger partial charge in [-0.05, 0) is 18.1 Å². The highest BCUT2D eigenvalue weighted by Crippen LogP contribution is 2.15. The fourth-order valence-corrected chi connectivity index (χ4v) is 2.86. The van der Waals surface area contributed by atoms with Crippen molar-refractivity contribution in [1.29, 1.82) is 0 Å². The van der Waals surface area contributed by atoms with Gasteiger partial charge in [0.05, 0.1) is 18.0 Å². The van der Waals surface area contributed by atoms with Crippen LogP contribution in [0.5, 0.6) is 0 Å². The van der Waals surface area contributed by atoms with Crippen molar-refractivity contribution in [2.24, 2.45) is 0 Å². The van der Waals surface area contributed by atoms with Crippen molar-refractivity contribution in [3.8, 4) is 0 Å². The number of nitrogens with zero attached hydrogens (tertiary/aromatic N) is 1. The van der Waals surface area contributed by atoms with E-state index in [-0.39, 0.29) is 24.1 Å². The second-order valence-electron chi connectivity index (χ2n) is 4.08. The fourth-order valence-electron chi connectivity index (χ4n) is 1.58. The number of carboxylic acid groups (broad SMARTS) is 1. The highest BCUT2D eigenvalue weighted by Gasteiger charge is 2.21. The average molecular weight is 289 g/mol. The summed E-state index contributed by atoms with van der Waals surface area (Å²) >= 11 is 0. The lowest BCUT2D eigenvalue weighted by Gasteiger charge is -2.17. The summed E-state index contributed by atoms with van der Waals surface area (Å²) in [5.74, 6) is -1.57. The number of hydrogen-bond acceptors (Lipinski definition) is 3. The van der Waals surface area contributed by atoms with E-state index in [4.69, 9.17) is 5.11 Å². The van der Waals surface area contributed by atoms with E-state index in [9.17, 15) is 17.6 Å². The van der Waals surface area contributed by atoms with E-state index in [0.29, 0.717) is 0 Å². The molecular weight excluding hydrogens is 273 g/mol. The second-order valence-corrected chi connectivity index (χ2v) is 6.16. The summed E-state index contributed by atoms with van der Waals surface area (Å²) in [6, 6.07) is 5.93. The van der Waals surface area contributed by atoms with E-state index < -0.39 is 28.4 Å². The minimum atomic E-state index is -3.64. The Morgan fingerprint density at radius 1 is 1.37 bits per heavy atom. The molecule has 0 spiro atoms. The first-order valence-corrected chi connectivity index (χ1v) is 7.30. The molecule has 0 fully saturated rings. The van der Waals surface area contributed by atoms with E-state index in [1.807, 2.05) is 0 Å². The van der Waals surface area contributed by atoms with Crippen LogP contribution in [0.15, 0.2) is 24.3 Å². The number of benzene rings is 1. The van der Waals surface area contributed by atoms with Gasteiger partial charge in [-0.3, -0.25) is 4.39 Å². The zero-order chi connectivity index (χ0) is 14.5. The van der Waals surface area contributed by atoms with Gasteiger partial charge in [-0.2, -0.15) is 0 Å². The molecule has 0 aliphatic rings. The van der Waals surface area contributed by atoms with Gasteiger partial charge in [0.15, 0.2) is 0 Å². The molecule has 19 heavy (non-hydrogen) atoms. The fraction of sp³-hybridized carbons (Fsp3) is 0.417. The van der Waals surface area contributed by atoms with Crippen LogP contribution in [0, 0.1) is 0 Å². The molecule has 1 N–H and O–H groups in total. The third-order valence-corrected chi connectivity index (χ3v) is 4.48. The molecule has 1 aromatic rings. The van der Waals surface area contributed by atoms with Crippen molar-refractivity contribution in [3.63, 3.8) is 0 Å². The Kier molecular flexibility index (Phi) is 5.44. The number of carboxylic acids is 1. The van der Waals surface area contributed by atoms with Crippen LogP contribution in [-0.2, 0) is 15.8 Å². The van der Waals surface area contributed by atoms with Gasteiger partial charge in [0.1, 0.15) is 0 Å². The zero-order valence-corrected chi connectivity index (χ0v) is 11.4. The van der Waals surface area contributed by atoms with Crippen molar-refractivity contribution >= 4 is 16.0 Å². The van der Waals surface area contributed by atoms with E-state index in [1.54, 1.807) is 6.07 Å². The predicted molar refractivity (Wildman–Crippen MR) is 69.2 cm³/mol. The molecule has 0 heterocycles. The normalized spacial score (nSPS) is 11.7. The van der Waals surface area contributed by atoms with Crippen molar-refractivity contribution < 1.29 is 22.7 Å². The molecule has 5 nitrogen and oxygen atoms in total. The summed E-state index contributed by atoms with van der Waals surface area (Å²) in [4.78, 5) is 11.0. The lowest BCUT2D eigenvalue weighted by molar-refractivity contribution is 0.0696. The SMILES string of the molecule is CN(CCCF)S(=O)(=O)Cc1ccccc1C(=O)O. The van der Waals surface area contributed by atoms with E-state index in [1.165, 1.54) is 25.2 Å². The van der Waals surface area contributed by atoms with E-state index in [0.717, 1.165) is 4.31 Å². The first-order valence-electron chi connectivity index (χ1n) is 5.69. The third kappa shape index (κ3) is 4.29. The molecule has 0 radical (unpaired) electrons. The predicted octanol–water partition coefficient (Wildman–Crippen LogP) is 1.51. The number of sulfonamides is 1. The minimum Gasteiger partial charge on any atom is -0.478 e. The Hall–Kier alpha value is -1.47. The molecule has 106 valence electrons. The van der Waals surface area contributed by atoms with Crippen LogP contribution in [0.25, 0.3) is 0 Å². The topological polar surface area (TPSA) is 74.7 Å². The maximum atomic E-state index is 12.0. The average Bonchev–Trinajstić information content (AvgIpc) is 2.35. The van der Waals surface area contributed by atoms with Crippen LogP contribution in [0.1, 0.15) is 22.3 Å². The van der Waals surface area contributed by atoms with Gasteiger partial charge in [0, 0.05) is 13.6 Å². The number of alkyl halides is 1. The first-order chi connectivity index (χ1) is 8.88.